The zero-order valence-corrected chi connectivity index (χ0v) is 27.0. The van der Waals surface area contributed by atoms with Crippen molar-refractivity contribution in [3.63, 3.8) is 0 Å². The molecule has 2 amide bonds. The van der Waals surface area contributed by atoms with Crippen molar-refractivity contribution in [1.29, 1.82) is 10.5 Å². The standard InChI is InChI=1S/C19H17F3N2O5S.C12H11F3N2O3/c1-12-3-7-15(8-4-12)30(27,28)29-11-18(2,26)17(25)24-14-6-5-13(10-23)16(9-14)19(20,21)22;1-11(20,6-18)10(19)17-8-3-2-7(5-16)9(4-8)12(13,14)15/h3-9,26H,11H2,1-2H3,(H,24,25);2-4,18,20H,6H2,1H3,(H,17,19). The zero-order valence-electron chi connectivity index (χ0n) is 26.1. The fourth-order valence-electron chi connectivity index (χ4n) is 3.54. The first-order valence-electron chi connectivity index (χ1n) is 13.8. The van der Waals surface area contributed by atoms with E-state index < -0.39 is 81.0 Å². The number of hydrogen-bond donors (Lipinski definition) is 5. The van der Waals surface area contributed by atoms with E-state index in [2.05, 4.69) is 5.32 Å². The lowest BCUT2D eigenvalue weighted by Crippen LogP contribution is -2.44. The molecule has 19 heteroatoms. The molecule has 268 valence electrons. The van der Waals surface area contributed by atoms with Gasteiger partial charge in [0, 0.05) is 11.4 Å². The second-order valence-electron chi connectivity index (χ2n) is 10.9. The number of nitrogens with zero attached hydrogens (tertiary/aromatic N) is 2. The molecule has 0 aliphatic heterocycles. The SMILES string of the molecule is CC(O)(CO)C(=O)Nc1ccc(C#N)c(C(F)(F)F)c1.Cc1ccc(S(=O)(=O)OCC(C)(O)C(=O)Nc2ccc(C#N)c(C(F)(F)F)c2)cc1. The predicted molar refractivity (Wildman–Crippen MR) is 162 cm³/mol. The van der Waals surface area contributed by atoms with Crippen molar-refractivity contribution in [2.75, 3.05) is 23.8 Å². The summed E-state index contributed by atoms with van der Waals surface area (Å²) in [5.41, 5.74) is -7.95. The van der Waals surface area contributed by atoms with Crippen molar-refractivity contribution < 1.29 is 63.9 Å². The Morgan fingerprint density at radius 1 is 0.760 bits per heavy atom. The molecule has 0 spiro atoms. The number of benzene rings is 3. The van der Waals surface area contributed by atoms with Gasteiger partial charge in [0.15, 0.2) is 11.2 Å². The number of halogens is 6. The van der Waals surface area contributed by atoms with Gasteiger partial charge < -0.3 is 26.0 Å². The van der Waals surface area contributed by atoms with Gasteiger partial charge in [-0.05, 0) is 69.3 Å². The molecule has 0 bridgehead atoms. The third kappa shape index (κ3) is 11.0. The molecule has 3 aromatic rings. The minimum absolute atomic E-state index is 0.189. The highest BCUT2D eigenvalue weighted by Gasteiger charge is 2.37. The van der Waals surface area contributed by atoms with Crippen LogP contribution in [-0.4, -0.2) is 60.0 Å². The number of aliphatic hydroxyl groups is 3. The molecule has 0 aromatic heterocycles. The van der Waals surface area contributed by atoms with Crippen LogP contribution in [0.25, 0.3) is 0 Å². The molecule has 0 aliphatic carbocycles. The molecule has 0 saturated carbocycles. The average molecular weight is 731 g/mol. The number of anilines is 2. The van der Waals surface area contributed by atoms with Crippen LogP contribution in [-0.2, 0) is 36.2 Å². The second-order valence-corrected chi connectivity index (χ2v) is 12.5. The molecule has 0 aliphatic rings. The van der Waals surface area contributed by atoms with Crippen LogP contribution < -0.4 is 10.6 Å². The van der Waals surface area contributed by atoms with Crippen LogP contribution in [0.1, 0.15) is 41.7 Å². The number of nitriles is 2. The minimum Gasteiger partial charge on any atom is -0.393 e. The first-order valence-corrected chi connectivity index (χ1v) is 15.2. The Labute approximate surface area is 281 Å². The van der Waals surface area contributed by atoms with Crippen molar-refractivity contribution in [2.45, 2.75) is 49.2 Å². The maximum absolute atomic E-state index is 13.0. The molecule has 0 heterocycles. The van der Waals surface area contributed by atoms with Crippen LogP contribution in [0.15, 0.2) is 65.6 Å². The molecule has 12 nitrogen and oxygen atoms in total. The number of carbonyl (C=O) groups excluding carboxylic acids is 2. The summed E-state index contributed by atoms with van der Waals surface area (Å²) >= 11 is 0. The van der Waals surface area contributed by atoms with Crippen molar-refractivity contribution in [3.05, 3.63) is 88.5 Å². The number of alkyl halides is 6. The lowest BCUT2D eigenvalue weighted by molar-refractivity contribution is -0.138. The molecule has 2 atom stereocenters. The summed E-state index contributed by atoms with van der Waals surface area (Å²) in [6.07, 6.45) is -9.58. The summed E-state index contributed by atoms with van der Waals surface area (Å²) < 4.78 is 106. The van der Waals surface area contributed by atoms with Gasteiger partial charge >= 0.3 is 12.4 Å². The smallest absolute Gasteiger partial charge is 0.393 e. The Balaban J connectivity index is 0.000000377. The van der Waals surface area contributed by atoms with Crippen molar-refractivity contribution >= 4 is 33.3 Å². The van der Waals surface area contributed by atoms with Crippen molar-refractivity contribution in [2.24, 2.45) is 0 Å². The Hall–Kier alpha value is -5.05. The Morgan fingerprint density at radius 3 is 1.52 bits per heavy atom. The lowest BCUT2D eigenvalue weighted by Gasteiger charge is -2.22. The maximum Gasteiger partial charge on any atom is 0.417 e. The van der Waals surface area contributed by atoms with E-state index in [-0.39, 0.29) is 16.3 Å². The van der Waals surface area contributed by atoms with Gasteiger partial charge in [0.25, 0.3) is 21.9 Å². The summed E-state index contributed by atoms with van der Waals surface area (Å²) in [6.45, 7) is 1.84. The number of carbonyl (C=O) groups is 2. The number of aryl methyl sites for hydroxylation is 1. The van der Waals surface area contributed by atoms with Gasteiger partial charge in [0.2, 0.25) is 0 Å². The van der Waals surface area contributed by atoms with Gasteiger partial charge in [-0.25, -0.2) is 0 Å². The number of hydrogen-bond acceptors (Lipinski definition) is 10. The molecular weight excluding hydrogens is 702 g/mol. The van der Waals surface area contributed by atoms with E-state index in [9.17, 15) is 54.6 Å². The Bertz CT molecular complexity index is 1920. The monoisotopic (exact) mass is 730 g/mol. The van der Waals surface area contributed by atoms with Crippen molar-refractivity contribution in [3.8, 4) is 12.1 Å². The highest BCUT2D eigenvalue weighted by atomic mass is 32.2. The van der Waals surface area contributed by atoms with Crippen molar-refractivity contribution in [1.82, 2.24) is 0 Å². The molecule has 3 aromatic carbocycles. The van der Waals surface area contributed by atoms with Gasteiger partial charge in [-0.2, -0.15) is 45.3 Å². The van der Waals surface area contributed by atoms with Crippen LogP contribution in [0.2, 0.25) is 0 Å². The number of rotatable bonds is 9. The predicted octanol–water partition coefficient (Wildman–Crippen LogP) is 4.24. The first kappa shape index (κ1) is 41.1. The van der Waals surface area contributed by atoms with Crippen LogP contribution in [0.5, 0.6) is 0 Å². The fraction of sp³-hybridized carbons (Fsp3) is 0.290. The zero-order chi connectivity index (χ0) is 38.3. The van der Waals surface area contributed by atoms with E-state index in [1.54, 1.807) is 6.92 Å². The molecule has 0 saturated heterocycles. The highest BCUT2D eigenvalue weighted by Crippen LogP contribution is 2.35. The van der Waals surface area contributed by atoms with Gasteiger partial charge in [-0.15, -0.1) is 0 Å². The molecular formula is C31H28F6N4O8S. The van der Waals surface area contributed by atoms with Gasteiger partial charge in [-0.1, -0.05) is 17.7 Å². The molecule has 2 unspecified atom stereocenters. The van der Waals surface area contributed by atoms with Crippen LogP contribution >= 0.6 is 0 Å². The summed E-state index contributed by atoms with van der Waals surface area (Å²) in [6, 6.07) is 13.5. The Kier molecular flexibility index (Phi) is 12.9. The number of nitrogens with one attached hydrogen (secondary N) is 2. The summed E-state index contributed by atoms with van der Waals surface area (Å²) in [7, 11) is -4.28. The second kappa shape index (κ2) is 15.7. The van der Waals surface area contributed by atoms with Gasteiger partial charge in [0.05, 0.1) is 45.9 Å². The van der Waals surface area contributed by atoms with Crippen LogP contribution in [0.3, 0.4) is 0 Å². The molecule has 0 radical (unpaired) electrons. The van der Waals surface area contributed by atoms with E-state index in [1.807, 2.05) is 5.32 Å². The van der Waals surface area contributed by atoms with E-state index in [0.717, 1.165) is 43.7 Å². The summed E-state index contributed by atoms with van der Waals surface area (Å²) in [5, 5.41) is 50.0. The number of aliphatic hydroxyl groups excluding tert-OH is 1. The maximum atomic E-state index is 13.0. The quantitative estimate of drug-likeness (QED) is 0.156. The molecule has 50 heavy (non-hydrogen) atoms. The topological polar surface area (TPSA) is 210 Å². The largest absolute Gasteiger partial charge is 0.417 e. The highest BCUT2D eigenvalue weighted by molar-refractivity contribution is 7.86. The van der Waals surface area contributed by atoms with E-state index in [0.29, 0.717) is 12.1 Å². The third-order valence-electron chi connectivity index (χ3n) is 6.50. The van der Waals surface area contributed by atoms with Gasteiger partial charge in [-0.3, -0.25) is 13.8 Å². The number of amides is 2. The third-order valence-corrected chi connectivity index (χ3v) is 7.78. The lowest BCUT2D eigenvalue weighted by atomic mass is 10.1. The van der Waals surface area contributed by atoms with Crippen LogP contribution in [0, 0.1) is 29.6 Å². The summed E-state index contributed by atoms with van der Waals surface area (Å²) in [5.74, 6) is -2.25. The fourth-order valence-corrected chi connectivity index (χ4v) is 4.53. The summed E-state index contributed by atoms with van der Waals surface area (Å²) in [4.78, 5) is 23.6. The Morgan fingerprint density at radius 2 is 1.16 bits per heavy atom. The first-order chi connectivity index (χ1) is 22.9. The molecule has 5 N–H and O–H groups in total. The van der Waals surface area contributed by atoms with E-state index in [4.69, 9.17) is 19.8 Å². The molecule has 0 fully saturated rings. The van der Waals surface area contributed by atoms with Gasteiger partial charge in [0.1, 0.15) is 6.61 Å². The minimum atomic E-state index is -4.83. The normalized spacial score (nSPS) is 14.0. The van der Waals surface area contributed by atoms with E-state index in [1.165, 1.54) is 36.4 Å². The molecule has 3 rings (SSSR count). The van der Waals surface area contributed by atoms with Crippen LogP contribution in [0.4, 0.5) is 37.7 Å². The average Bonchev–Trinajstić information content (AvgIpc) is 3.03. The van der Waals surface area contributed by atoms with E-state index >= 15 is 0 Å².